The van der Waals surface area contributed by atoms with Crippen molar-refractivity contribution < 1.29 is 33.0 Å². The van der Waals surface area contributed by atoms with Gasteiger partial charge in [-0.1, -0.05) is 6.07 Å². The number of hydrogen-bond acceptors (Lipinski definition) is 8. The first-order chi connectivity index (χ1) is 15.8. The number of esters is 1. The molecular formula is C23H22N2O8. The highest BCUT2D eigenvalue weighted by Gasteiger charge is 2.12. The first-order valence-electron chi connectivity index (χ1n) is 9.87. The van der Waals surface area contributed by atoms with E-state index in [0.29, 0.717) is 28.2 Å². The van der Waals surface area contributed by atoms with E-state index in [-0.39, 0.29) is 6.54 Å². The van der Waals surface area contributed by atoms with Crippen molar-refractivity contribution in [1.82, 2.24) is 5.32 Å². The molecule has 0 radical (unpaired) electrons. The van der Waals surface area contributed by atoms with Gasteiger partial charge in [0.1, 0.15) is 17.1 Å². The van der Waals surface area contributed by atoms with Crippen LogP contribution in [-0.4, -0.2) is 44.7 Å². The van der Waals surface area contributed by atoms with Crippen LogP contribution in [-0.2, 0) is 19.1 Å². The lowest BCUT2D eigenvalue weighted by Crippen LogP contribution is -2.36. The van der Waals surface area contributed by atoms with Crippen molar-refractivity contribution >= 4 is 34.4 Å². The Balaban J connectivity index is 1.40. The zero-order chi connectivity index (χ0) is 23.8. The molecule has 0 fully saturated rings. The predicted molar refractivity (Wildman–Crippen MR) is 118 cm³/mol. The van der Waals surface area contributed by atoms with Crippen LogP contribution in [0.4, 0.5) is 5.69 Å². The third kappa shape index (κ3) is 6.82. The molecule has 2 amide bonds. The van der Waals surface area contributed by atoms with Gasteiger partial charge < -0.3 is 29.3 Å². The lowest BCUT2D eigenvalue weighted by molar-refractivity contribution is -0.150. The van der Waals surface area contributed by atoms with Crippen molar-refractivity contribution in [2.24, 2.45) is 0 Å². The van der Waals surface area contributed by atoms with Gasteiger partial charge >= 0.3 is 11.6 Å². The molecule has 0 unspecified atom stereocenters. The van der Waals surface area contributed by atoms with E-state index in [0.717, 1.165) is 5.56 Å². The van der Waals surface area contributed by atoms with Gasteiger partial charge in [-0.3, -0.25) is 9.59 Å². The fraction of sp³-hybridized carbons (Fsp3) is 0.217. The zero-order valence-corrected chi connectivity index (χ0v) is 18.0. The summed E-state index contributed by atoms with van der Waals surface area (Å²) in [4.78, 5) is 47.0. The SMILES string of the molecule is COc1ccc(C)cc1NC(=O)CNC(=O)COC(=O)COc1ccc2ccc(=O)oc2c1. The molecule has 172 valence electrons. The Morgan fingerprint density at radius 2 is 1.76 bits per heavy atom. The molecule has 0 aliphatic carbocycles. The molecule has 2 N–H and O–H groups in total. The van der Waals surface area contributed by atoms with Crippen LogP contribution in [0.25, 0.3) is 11.0 Å². The van der Waals surface area contributed by atoms with E-state index < -0.39 is 36.6 Å². The molecule has 10 heteroatoms. The van der Waals surface area contributed by atoms with E-state index >= 15 is 0 Å². The topological polar surface area (TPSA) is 133 Å². The second-order valence-electron chi connectivity index (χ2n) is 6.93. The van der Waals surface area contributed by atoms with E-state index in [4.69, 9.17) is 18.6 Å². The number of anilines is 1. The number of aryl methyl sites for hydroxylation is 1. The molecule has 0 aliphatic heterocycles. The highest BCUT2D eigenvalue weighted by atomic mass is 16.6. The largest absolute Gasteiger partial charge is 0.495 e. The van der Waals surface area contributed by atoms with Crippen LogP contribution in [0, 0.1) is 6.92 Å². The second-order valence-corrected chi connectivity index (χ2v) is 6.93. The number of rotatable bonds is 9. The summed E-state index contributed by atoms with van der Waals surface area (Å²) in [6.07, 6.45) is 0. The van der Waals surface area contributed by atoms with Gasteiger partial charge in [-0.25, -0.2) is 9.59 Å². The van der Waals surface area contributed by atoms with Crippen LogP contribution >= 0.6 is 0 Å². The summed E-state index contributed by atoms with van der Waals surface area (Å²) in [6, 6.07) is 12.9. The van der Waals surface area contributed by atoms with Gasteiger partial charge in [0.25, 0.3) is 5.91 Å². The monoisotopic (exact) mass is 454 g/mol. The summed E-state index contributed by atoms with van der Waals surface area (Å²) in [5, 5.41) is 5.70. The van der Waals surface area contributed by atoms with Crippen LogP contribution < -0.4 is 25.7 Å². The van der Waals surface area contributed by atoms with Gasteiger partial charge in [0.15, 0.2) is 13.2 Å². The third-order valence-electron chi connectivity index (χ3n) is 4.39. The van der Waals surface area contributed by atoms with Gasteiger partial charge in [-0.15, -0.1) is 0 Å². The van der Waals surface area contributed by atoms with Crippen molar-refractivity contribution in [2.75, 3.05) is 32.2 Å². The fourth-order valence-corrected chi connectivity index (χ4v) is 2.80. The molecule has 0 saturated heterocycles. The quantitative estimate of drug-likeness (QED) is 0.369. The molecule has 0 bridgehead atoms. The van der Waals surface area contributed by atoms with Crippen molar-refractivity contribution in [3.8, 4) is 11.5 Å². The standard InChI is InChI=1S/C23H22N2O8/c1-14-3-7-18(30-2)17(9-14)25-20(26)11-24-21(27)12-32-23(29)13-31-16-6-4-15-5-8-22(28)33-19(15)10-16/h3-10H,11-13H2,1-2H3,(H,24,27)(H,25,26). The van der Waals surface area contributed by atoms with E-state index in [9.17, 15) is 19.2 Å². The molecule has 1 heterocycles. The number of amides is 2. The van der Waals surface area contributed by atoms with Crippen LogP contribution in [0.5, 0.6) is 11.5 Å². The summed E-state index contributed by atoms with van der Waals surface area (Å²) in [6.45, 7) is 0.526. The van der Waals surface area contributed by atoms with Gasteiger partial charge in [0.05, 0.1) is 19.3 Å². The molecule has 3 aromatic rings. The van der Waals surface area contributed by atoms with Crippen LogP contribution in [0.3, 0.4) is 0 Å². The molecule has 2 aromatic carbocycles. The Kier molecular flexibility index (Phi) is 7.64. The highest BCUT2D eigenvalue weighted by Crippen LogP contribution is 2.25. The number of hydrogen-bond donors (Lipinski definition) is 2. The lowest BCUT2D eigenvalue weighted by atomic mass is 10.2. The van der Waals surface area contributed by atoms with Crippen LogP contribution in [0.2, 0.25) is 0 Å². The molecule has 33 heavy (non-hydrogen) atoms. The van der Waals surface area contributed by atoms with Crippen LogP contribution in [0.15, 0.2) is 57.7 Å². The fourth-order valence-electron chi connectivity index (χ4n) is 2.80. The summed E-state index contributed by atoms with van der Waals surface area (Å²) in [5.74, 6) is -1.12. The summed E-state index contributed by atoms with van der Waals surface area (Å²) in [5.41, 5.74) is 1.22. The molecule has 1 aromatic heterocycles. The van der Waals surface area contributed by atoms with Gasteiger partial charge in [0.2, 0.25) is 5.91 Å². The second kappa shape index (κ2) is 10.8. The Morgan fingerprint density at radius 1 is 0.970 bits per heavy atom. The zero-order valence-electron chi connectivity index (χ0n) is 18.0. The van der Waals surface area contributed by atoms with E-state index in [2.05, 4.69) is 10.6 Å². The number of nitrogens with one attached hydrogen (secondary N) is 2. The number of methoxy groups -OCH3 is 1. The maximum Gasteiger partial charge on any atom is 0.344 e. The van der Waals surface area contributed by atoms with Crippen molar-refractivity contribution in [3.63, 3.8) is 0 Å². The molecule has 0 atom stereocenters. The first kappa shape index (κ1) is 23.3. The number of carbonyl (C=O) groups is 3. The van der Waals surface area contributed by atoms with Crippen LogP contribution in [0.1, 0.15) is 5.56 Å². The summed E-state index contributed by atoms with van der Waals surface area (Å²) >= 11 is 0. The maximum atomic E-state index is 12.1. The number of benzene rings is 2. The van der Waals surface area contributed by atoms with Crippen molar-refractivity contribution in [3.05, 3.63) is 64.5 Å². The minimum Gasteiger partial charge on any atom is -0.495 e. The van der Waals surface area contributed by atoms with Crippen molar-refractivity contribution in [2.45, 2.75) is 6.92 Å². The van der Waals surface area contributed by atoms with Gasteiger partial charge in [-0.2, -0.15) is 0 Å². The Bertz CT molecular complexity index is 1230. The van der Waals surface area contributed by atoms with E-state index in [1.54, 1.807) is 30.3 Å². The number of fused-ring (bicyclic) bond motifs is 1. The predicted octanol–water partition coefficient (Wildman–Crippen LogP) is 1.79. The van der Waals surface area contributed by atoms with Gasteiger partial charge in [0, 0.05) is 17.5 Å². The Labute approximate surface area is 188 Å². The maximum absolute atomic E-state index is 12.1. The molecule has 3 rings (SSSR count). The minimum absolute atomic E-state index is 0.293. The lowest BCUT2D eigenvalue weighted by Gasteiger charge is -2.11. The molecule has 0 saturated carbocycles. The van der Waals surface area contributed by atoms with E-state index in [1.807, 2.05) is 13.0 Å². The first-order valence-corrected chi connectivity index (χ1v) is 9.87. The third-order valence-corrected chi connectivity index (χ3v) is 4.39. The number of carbonyl (C=O) groups excluding carboxylic acids is 3. The minimum atomic E-state index is -0.784. The molecular weight excluding hydrogens is 432 g/mol. The Morgan fingerprint density at radius 3 is 2.55 bits per heavy atom. The smallest absolute Gasteiger partial charge is 0.344 e. The molecule has 0 aliphatic rings. The number of ether oxygens (including phenoxy) is 3. The summed E-state index contributed by atoms with van der Waals surface area (Å²) < 4.78 is 20.4. The van der Waals surface area contributed by atoms with E-state index in [1.165, 1.54) is 19.2 Å². The average Bonchev–Trinajstić information content (AvgIpc) is 2.80. The molecule has 0 spiro atoms. The van der Waals surface area contributed by atoms with Gasteiger partial charge in [-0.05, 0) is 42.8 Å². The highest BCUT2D eigenvalue weighted by molar-refractivity contribution is 5.96. The normalized spacial score (nSPS) is 10.4. The summed E-state index contributed by atoms with van der Waals surface area (Å²) in [7, 11) is 1.48. The molecule has 10 nitrogen and oxygen atoms in total. The average molecular weight is 454 g/mol. The van der Waals surface area contributed by atoms with Crippen molar-refractivity contribution in [1.29, 1.82) is 0 Å². The Hall–Kier alpha value is -4.34.